The zero-order valence-corrected chi connectivity index (χ0v) is 9.72. The van der Waals surface area contributed by atoms with Crippen molar-refractivity contribution in [2.75, 3.05) is 7.05 Å². The molecule has 0 spiro atoms. The molecule has 0 amide bonds. The van der Waals surface area contributed by atoms with E-state index in [-0.39, 0.29) is 0 Å². The van der Waals surface area contributed by atoms with Gasteiger partial charge in [-0.05, 0) is 19.0 Å². The highest BCUT2D eigenvalue weighted by Crippen LogP contribution is 2.16. The molecular formula is C13H17N3. The van der Waals surface area contributed by atoms with E-state index in [2.05, 4.69) is 39.1 Å². The fourth-order valence-corrected chi connectivity index (χ4v) is 1.91. The van der Waals surface area contributed by atoms with E-state index in [1.807, 2.05) is 32.7 Å². The minimum Gasteiger partial charge on any atom is -0.336 e. The van der Waals surface area contributed by atoms with Crippen molar-refractivity contribution < 1.29 is 0 Å². The van der Waals surface area contributed by atoms with Crippen LogP contribution in [-0.4, -0.2) is 16.6 Å². The second-order valence-corrected chi connectivity index (χ2v) is 3.96. The fraction of sp³-hybridized carbons (Fsp3) is 0.308. The molecule has 0 aliphatic carbocycles. The van der Waals surface area contributed by atoms with Gasteiger partial charge in [0.15, 0.2) is 0 Å². The Labute approximate surface area is 96.1 Å². The molecule has 0 aliphatic heterocycles. The van der Waals surface area contributed by atoms with Gasteiger partial charge in [0.25, 0.3) is 0 Å². The number of rotatable bonds is 4. The maximum atomic E-state index is 4.16. The quantitative estimate of drug-likeness (QED) is 0.844. The van der Waals surface area contributed by atoms with Crippen LogP contribution in [0.15, 0.2) is 42.9 Å². The van der Waals surface area contributed by atoms with Crippen molar-refractivity contribution in [2.24, 2.45) is 7.05 Å². The molecule has 16 heavy (non-hydrogen) atoms. The molecule has 1 heterocycles. The monoisotopic (exact) mass is 215 g/mol. The molecule has 1 atom stereocenters. The van der Waals surface area contributed by atoms with Crippen LogP contribution >= 0.6 is 0 Å². The number of hydrogen-bond donors (Lipinski definition) is 1. The van der Waals surface area contributed by atoms with Gasteiger partial charge in [-0.2, -0.15) is 0 Å². The summed E-state index contributed by atoms with van der Waals surface area (Å²) in [6.07, 6.45) is 4.74. The van der Waals surface area contributed by atoms with Crippen LogP contribution in [0, 0.1) is 0 Å². The molecule has 3 heteroatoms. The summed E-state index contributed by atoms with van der Waals surface area (Å²) in [7, 11) is 4.01. The third-order valence-electron chi connectivity index (χ3n) is 2.84. The van der Waals surface area contributed by atoms with Crippen molar-refractivity contribution >= 4 is 0 Å². The Hall–Kier alpha value is -1.61. The average Bonchev–Trinajstić information content (AvgIpc) is 2.74. The molecule has 1 aromatic heterocycles. The predicted octanol–water partition coefficient (Wildman–Crippen LogP) is 1.92. The van der Waals surface area contributed by atoms with Gasteiger partial charge in [0, 0.05) is 13.2 Å². The molecule has 0 radical (unpaired) electrons. The maximum absolute atomic E-state index is 4.16. The summed E-state index contributed by atoms with van der Waals surface area (Å²) in [5.74, 6) is 0. The third kappa shape index (κ3) is 2.31. The Balaban J connectivity index is 2.16. The first-order chi connectivity index (χ1) is 7.81. The van der Waals surface area contributed by atoms with Crippen LogP contribution in [0.1, 0.15) is 17.3 Å². The molecule has 0 fully saturated rings. The van der Waals surface area contributed by atoms with E-state index >= 15 is 0 Å². The molecule has 2 aromatic rings. The SMILES string of the molecule is CNC(Cc1ccccc1)c1cncn1C. The molecule has 1 unspecified atom stereocenters. The first kappa shape index (κ1) is 10.9. The van der Waals surface area contributed by atoms with Crippen LogP contribution in [0.2, 0.25) is 0 Å². The van der Waals surface area contributed by atoms with Gasteiger partial charge in [-0.1, -0.05) is 30.3 Å². The van der Waals surface area contributed by atoms with E-state index in [0.717, 1.165) is 6.42 Å². The highest BCUT2D eigenvalue weighted by atomic mass is 15.1. The molecule has 84 valence electrons. The first-order valence-corrected chi connectivity index (χ1v) is 5.48. The Morgan fingerprint density at radius 1 is 1.31 bits per heavy atom. The van der Waals surface area contributed by atoms with E-state index in [4.69, 9.17) is 0 Å². The Morgan fingerprint density at radius 2 is 2.06 bits per heavy atom. The largest absolute Gasteiger partial charge is 0.336 e. The van der Waals surface area contributed by atoms with Gasteiger partial charge in [0.05, 0.1) is 18.1 Å². The van der Waals surface area contributed by atoms with Gasteiger partial charge in [0.1, 0.15) is 0 Å². The number of hydrogen-bond acceptors (Lipinski definition) is 2. The molecule has 1 N–H and O–H groups in total. The van der Waals surface area contributed by atoms with Crippen LogP contribution in [-0.2, 0) is 13.5 Å². The summed E-state index contributed by atoms with van der Waals surface area (Å²) in [6.45, 7) is 0. The van der Waals surface area contributed by atoms with Gasteiger partial charge in [-0.25, -0.2) is 4.98 Å². The van der Waals surface area contributed by atoms with E-state index in [1.165, 1.54) is 11.3 Å². The number of imidazole rings is 1. The van der Waals surface area contributed by atoms with Crippen LogP contribution < -0.4 is 5.32 Å². The van der Waals surface area contributed by atoms with Gasteiger partial charge < -0.3 is 9.88 Å². The van der Waals surface area contributed by atoms with Crippen molar-refractivity contribution in [3.63, 3.8) is 0 Å². The van der Waals surface area contributed by atoms with Crippen LogP contribution in [0.5, 0.6) is 0 Å². The van der Waals surface area contributed by atoms with Crippen molar-refractivity contribution in [3.8, 4) is 0 Å². The standard InChI is InChI=1S/C13H17N3/c1-14-12(13-9-15-10-16(13)2)8-11-6-4-3-5-7-11/h3-7,9-10,12,14H,8H2,1-2H3. The molecule has 0 aliphatic rings. The molecule has 3 nitrogen and oxygen atoms in total. The first-order valence-electron chi connectivity index (χ1n) is 5.48. The summed E-state index contributed by atoms with van der Waals surface area (Å²) in [4.78, 5) is 4.16. The number of nitrogens with one attached hydrogen (secondary N) is 1. The van der Waals surface area contributed by atoms with Crippen LogP contribution in [0.3, 0.4) is 0 Å². The summed E-state index contributed by atoms with van der Waals surface area (Å²) >= 11 is 0. The van der Waals surface area contributed by atoms with Crippen molar-refractivity contribution in [1.29, 1.82) is 0 Å². The summed E-state index contributed by atoms with van der Waals surface area (Å²) in [6, 6.07) is 10.8. The average molecular weight is 215 g/mol. The van der Waals surface area contributed by atoms with Crippen LogP contribution in [0.4, 0.5) is 0 Å². The molecule has 1 aromatic carbocycles. The van der Waals surface area contributed by atoms with Gasteiger partial charge >= 0.3 is 0 Å². The lowest BCUT2D eigenvalue weighted by molar-refractivity contribution is 0.555. The molecule has 2 rings (SSSR count). The van der Waals surface area contributed by atoms with E-state index in [0.29, 0.717) is 6.04 Å². The lowest BCUT2D eigenvalue weighted by atomic mass is 10.0. The van der Waals surface area contributed by atoms with E-state index < -0.39 is 0 Å². The van der Waals surface area contributed by atoms with Crippen LogP contribution in [0.25, 0.3) is 0 Å². The van der Waals surface area contributed by atoms with Crippen molar-refractivity contribution in [3.05, 3.63) is 54.1 Å². The third-order valence-corrected chi connectivity index (χ3v) is 2.84. The predicted molar refractivity (Wildman–Crippen MR) is 65.2 cm³/mol. The summed E-state index contributed by atoms with van der Waals surface area (Å²) in [5.41, 5.74) is 2.55. The number of benzene rings is 1. The molecular weight excluding hydrogens is 198 g/mol. The second kappa shape index (κ2) is 4.94. The molecule has 0 saturated heterocycles. The second-order valence-electron chi connectivity index (χ2n) is 3.96. The zero-order chi connectivity index (χ0) is 11.4. The highest BCUT2D eigenvalue weighted by Gasteiger charge is 2.12. The Bertz CT molecular complexity index is 433. The van der Waals surface area contributed by atoms with Gasteiger partial charge in [0.2, 0.25) is 0 Å². The number of likely N-dealkylation sites (N-methyl/N-ethyl adjacent to an activating group) is 1. The van der Waals surface area contributed by atoms with E-state index in [1.54, 1.807) is 0 Å². The lowest BCUT2D eigenvalue weighted by Crippen LogP contribution is -2.21. The molecule has 0 saturated carbocycles. The van der Waals surface area contributed by atoms with E-state index in [9.17, 15) is 0 Å². The topological polar surface area (TPSA) is 29.9 Å². The molecule has 0 bridgehead atoms. The smallest absolute Gasteiger partial charge is 0.0946 e. The normalized spacial score (nSPS) is 12.6. The Kier molecular flexibility index (Phi) is 3.37. The fourth-order valence-electron chi connectivity index (χ4n) is 1.91. The Morgan fingerprint density at radius 3 is 2.62 bits per heavy atom. The van der Waals surface area contributed by atoms with Crippen molar-refractivity contribution in [1.82, 2.24) is 14.9 Å². The summed E-state index contributed by atoms with van der Waals surface area (Å²) < 4.78 is 2.06. The maximum Gasteiger partial charge on any atom is 0.0946 e. The highest BCUT2D eigenvalue weighted by molar-refractivity contribution is 5.18. The number of aryl methyl sites for hydroxylation is 1. The zero-order valence-electron chi connectivity index (χ0n) is 9.72. The van der Waals surface area contributed by atoms with Gasteiger partial charge in [-0.3, -0.25) is 0 Å². The minimum atomic E-state index is 0.315. The minimum absolute atomic E-state index is 0.315. The van der Waals surface area contributed by atoms with Gasteiger partial charge in [-0.15, -0.1) is 0 Å². The van der Waals surface area contributed by atoms with Crippen molar-refractivity contribution in [2.45, 2.75) is 12.5 Å². The number of nitrogens with zero attached hydrogens (tertiary/aromatic N) is 2. The summed E-state index contributed by atoms with van der Waals surface area (Å²) in [5, 5.41) is 3.33. The number of aromatic nitrogens is 2. The lowest BCUT2D eigenvalue weighted by Gasteiger charge is -2.16.